The van der Waals surface area contributed by atoms with Crippen LogP contribution >= 0.6 is 0 Å². The lowest BCUT2D eigenvalue weighted by Gasteiger charge is -2.26. The standard InChI is InChI=1S/C16H22N4O3S/c1-12-6-4-5-7-14(12)24(21,22)20-9-8-19-15(10-13(20)2)17-18-16(19)11-23-3/h4-7,13H,8-11H2,1-3H3/t13-/m1/s1. The van der Waals surface area contributed by atoms with Gasteiger partial charge in [-0.05, 0) is 25.5 Å². The highest BCUT2D eigenvalue weighted by Gasteiger charge is 2.33. The first-order chi connectivity index (χ1) is 11.4. The van der Waals surface area contributed by atoms with Crippen LogP contribution in [0.15, 0.2) is 29.2 Å². The Balaban J connectivity index is 1.93. The van der Waals surface area contributed by atoms with Crippen molar-refractivity contribution in [1.29, 1.82) is 0 Å². The van der Waals surface area contributed by atoms with E-state index in [-0.39, 0.29) is 6.04 Å². The largest absolute Gasteiger partial charge is 0.377 e. The molecule has 1 aromatic carbocycles. The molecule has 0 spiro atoms. The van der Waals surface area contributed by atoms with Gasteiger partial charge in [-0.25, -0.2) is 8.42 Å². The van der Waals surface area contributed by atoms with Crippen LogP contribution in [0, 0.1) is 6.92 Å². The quantitative estimate of drug-likeness (QED) is 0.832. The Kier molecular flexibility index (Phi) is 4.71. The van der Waals surface area contributed by atoms with Crippen LogP contribution in [0.5, 0.6) is 0 Å². The number of methoxy groups -OCH3 is 1. The van der Waals surface area contributed by atoms with Crippen molar-refractivity contribution in [3.63, 3.8) is 0 Å². The maximum absolute atomic E-state index is 13.1. The minimum Gasteiger partial charge on any atom is -0.377 e. The summed E-state index contributed by atoms with van der Waals surface area (Å²) in [5.74, 6) is 1.53. The lowest BCUT2D eigenvalue weighted by atomic mass is 10.2. The number of aromatic nitrogens is 3. The Morgan fingerprint density at radius 1 is 1.25 bits per heavy atom. The fraction of sp³-hybridized carbons (Fsp3) is 0.500. The van der Waals surface area contributed by atoms with Crippen LogP contribution < -0.4 is 0 Å². The number of benzene rings is 1. The highest BCUT2D eigenvalue weighted by molar-refractivity contribution is 7.89. The molecule has 0 saturated carbocycles. The molecule has 1 aromatic heterocycles. The minimum atomic E-state index is -3.55. The lowest BCUT2D eigenvalue weighted by molar-refractivity contribution is 0.173. The summed E-state index contributed by atoms with van der Waals surface area (Å²) in [6.45, 7) is 5.01. The molecule has 8 heteroatoms. The third-order valence-electron chi connectivity index (χ3n) is 4.37. The van der Waals surface area contributed by atoms with Gasteiger partial charge in [0.25, 0.3) is 0 Å². The summed E-state index contributed by atoms with van der Waals surface area (Å²) in [7, 11) is -1.94. The van der Waals surface area contributed by atoms with Crippen molar-refractivity contribution in [2.75, 3.05) is 13.7 Å². The van der Waals surface area contributed by atoms with Crippen molar-refractivity contribution in [2.45, 2.75) is 44.4 Å². The van der Waals surface area contributed by atoms with E-state index >= 15 is 0 Å². The van der Waals surface area contributed by atoms with Gasteiger partial charge in [-0.1, -0.05) is 18.2 Å². The van der Waals surface area contributed by atoms with Gasteiger partial charge in [0.1, 0.15) is 12.4 Å². The number of hydrogen-bond acceptors (Lipinski definition) is 5. The maximum Gasteiger partial charge on any atom is 0.243 e. The lowest BCUT2D eigenvalue weighted by Crippen LogP contribution is -2.40. The normalized spacial score (nSPS) is 19.0. The Morgan fingerprint density at radius 3 is 2.71 bits per heavy atom. The summed E-state index contributed by atoms with van der Waals surface area (Å²) in [6, 6.07) is 6.90. The van der Waals surface area contributed by atoms with Crippen LogP contribution in [0.3, 0.4) is 0 Å². The van der Waals surface area contributed by atoms with E-state index < -0.39 is 10.0 Å². The second-order valence-corrected chi connectivity index (χ2v) is 7.91. The van der Waals surface area contributed by atoms with Gasteiger partial charge in [0.2, 0.25) is 10.0 Å². The Hall–Kier alpha value is -1.77. The third kappa shape index (κ3) is 2.97. The summed E-state index contributed by atoms with van der Waals surface area (Å²) >= 11 is 0. The maximum atomic E-state index is 13.1. The van der Waals surface area contributed by atoms with Gasteiger partial charge < -0.3 is 9.30 Å². The number of nitrogens with zero attached hydrogens (tertiary/aromatic N) is 4. The summed E-state index contributed by atoms with van der Waals surface area (Å²) in [5, 5.41) is 8.35. The van der Waals surface area contributed by atoms with E-state index in [1.54, 1.807) is 23.5 Å². The van der Waals surface area contributed by atoms with Crippen molar-refractivity contribution in [3.05, 3.63) is 41.5 Å². The molecular formula is C16H22N4O3S. The van der Waals surface area contributed by atoms with Gasteiger partial charge >= 0.3 is 0 Å². The summed E-state index contributed by atoms with van der Waals surface area (Å²) in [4.78, 5) is 0.367. The van der Waals surface area contributed by atoms with E-state index in [1.807, 2.05) is 30.5 Å². The van der Waals surface area contributed by atoms with Crippen molar-refractivity contribution in [3.8, 4) is 0 Å². The molecule has 2 heterocycles. The van der Waals surface area contributed by atoms with Crippen molar-refractivity contribution < 1.29 is 13.2 Å². The molecule has 1 aliphatic heterocycles. The molecule has 0 N–H and O–H groups in total. The van der Waals surface area contributed by atoms with E-state index in [0.717, 1.165) is 17.2 Å². The number of aryl methyl sites for hydroxylation is 1. The number of fused-ring (bicyclic) bond motifs is 1. The molecule has 130 valence electrons. The van der Waals surface area contributed by atoms with E-state index in [9.17, 15) is 8.42 Å². The first kappa shape index (κ1) is 17.1. The Labute approximate surface area is 142 Å². The second kappa shape index (κ2) is 6.62. The van der Waals surface area contributed by atoms with Crippen LogP contribution in [0.1, 0.15) is 24.1 Å². The van der Waals surface area contributed by atoms with Gasteiger partial charge in [-0.2, -0.15) is 4.31 Å². The fourth-order valence-electron chi connectivity index (χ4n) is 3.13. The zero-order chi connectivity index (χ0) is 17.3. The summed E-state index contributed by atoms with van der Waals surface area (Å²) in [5.41, 5.74) is 0.758. The molecule has 1 aliphatic rings. The number of sulfonamides is 1. The first-order valence-corrected chi connectivity index (χ1v) is 9.36. The number of hydrogen-bond donors (Lipinski definition) is 0. The molecule has 2 aromatic rings. The van der Waals surface area contributed by atoms with Crippen LogP contribution in [-0.2, 0) is 34.3 Å². The summed E-state index contributed by atoms with van der Waals surface area (Å²) < 4.78 is 34.9. The molecule has 3 rings (SSSR count). The first-order valence-electron chi connectivity index (χ1n) is 7.92. The zero-order valence-corrected chi connectivity index (χ0v) is 15.0. The highest BCUT2D eigenvalue weighted by atomic mass is 32.2. The average molecular weight is 350 g/mol. The molecule has 0 saturated heterocycles. The number of ether oxygens (including phenoxy) is 1. The van der Waals surface area contributed by atoms with Gasteiger partial charge in [0.15, 0.2) is 5.82 Å². The highest BCUT2D eigenvalue weighted by Crippen LogP contribution is 2.25. The number of rotatable bonds is 4. The molecule has 0 radical (unpaired) electrons. The molecule has 7 nitrogen and oxygen atoms in total. The zero-order valence-electron chi connectivity index (χ0n) is 14.1. The molecule has 1 atom stereocenters. The molecule has 24 heavy (non-hydrogen) atoms. The van der Waals surface area contributed by atoms with Crippen LogP contribution in [-0.4, -0.2) is 47.2 Å². The predicted octanol–water partition coefficient (Wildman–Crippen LogP) is 1.37. The van der Waals surface area contributed by atoms with Crippen LogP contribution in [0.25, 0.3) is 0 Å². The topological polar surface area (TPSA) is 77.3 Å². The van der Waals surface area contributed by atoms with Gasteiger partial charge in [0.05, 0.1) is 4.90 Å². The van der Waals surface area contributed by atoms with E-state index in [0.29, 0.717) is 31.0 Å². The van der Waals surface area contributed by atoms with Gasteiger partial charge in [-0.3, -0.25) is 0 Å². The monoisotopic (exact) mass is 350 g/mol. The van der Waals surface area contributed by atoms with Crippen molar-refractivity contribution in [1.82, 2.24) is 19.1 Å². The van der Waals surface area contributed by atoms with E-state index in [2.05, 4.69) is 10.2 Å². The van der Waals surface area contributed by atoms with Gasteiger partial charge in [0, 0.05) is 32.7 Å². The molecule has 0 amide bonds. The van der Waals surface area contributed by atoms with Crippen LogP contribution in [0.4, 0.5) is 0 Å². The molecule has 0 bridgehead atoms. The molecule has 0 fully saturated rings. The van der Waals surface area contributed by atoms with E-state index in [1.165, 1.54) is 0 Å². The van der Waals surface area contributed by atoms with Crippen molar-refractivity contribution in [2.24, 2.45) is 0 Å². The predicted molar refractivity (Wildman–Crippen MR) is 89.0 cm³/mol. The smallest absolute Gasteiger partial charge is 0.243 e. The molecule has 0 aliphatic carbocycles. The second-order valence-electron chi connectivity index (χ2n) is 6.05. The SMILES string of the molecule is COCc1nnc2n1CCN(S(=O)(=O)c1ccccc1C)[C@H](C)C2. The Morgan fingerprint density at radius 2 is 2.00 bits per heavy atom. The van der Waals surface area contributed by atoms with Crippen molar-refractivity contribution >= 4 is 10.0 Å². The molecule has 0 unspecified atom stereocenters. The molecular weight excluding hydrogens is 328 g/mol. The summed E-state index contributed by atoms with van der Waals surface area (Å²) in [6.07, 6.45) is 0.530. The minimum absolute atomic E-state index is 0.185. The fourth-order valence-corrected chi connectivity index (χ4v) is 4.98. The van der Waals surface area contributed by atoms with Gasteiger partial charge in [-0.15, -0.1) is 10.2 Å². The van der Waals surface area contributed by atoms with E-state index in [4.69, 9.17) is 4.74 Å². The Bertz CT molecular complexity index is 832. The average Bonchev–Trinajstić information content (AvgIpc) is 2.81. The third-order valence-corrected chi connectivity index (χ3v) is 6.55. The van der Waals surface area contributed by atoms with Crippen LogP contribution in [0.2, 0.25) is 0 Å².